The van der Waals surface area contributed by atoms with Gasteiger partial charge in [0.05, 0.1) is 18.0 Å². The molecule has 2 unspecified atom stereocenters. The fourth-order valence-electron chi connectivity index (χ4n) is 2.49. The number of piperidine rings is 1. The molecule has 3 atom stereocenters. The zero-order valence-electron chi connectivity index (χ0n) is 8.90. The molecule has 0 aromatic heterocycles. The second-order valence-corrected chi connectivity index (χ2v) is 4.38. The highest BCUT2D eigenvalue weighted by atomic mass is 16.2. The van der Waals surface area contributed by atoms with Crippen molar-refractivity contribution in [3.05, 3.63) is 0 Å². The number of nitrogens with one attached hydrogen (secondary N) is 1. The fraction of sp³-hybridized carbons (Fsp3) is 0.800. The van der Waals surface area contributed by atoms with Gasteiger partial charge in [0.25, 0.3) is 0 Å². The zero-order valence-corrected chi connectivity index (χ0v) is 8.90. The lowest BCUT2D eigenvalue weighted by Gasteiger charge is -2.36. The molecule has 2 heterocycles. The number of likely N-dealkylation sites (tertiary alicyclic amines) is 1. The molecular weight excluding hydrogens is 194 g/mol. The van der Waals surface area contributed by atoms with E-state index in [0.717, 1.165) is 19.4 Å². The van der Waals surface area contributed by atoms with Gasteiger partial charge in [0.15, 0.2) is 0 Å². The van der Waals surface area contributed by atoms with Gasteiger partial charge in [0.2, 0.25) is 11.8 Å². The SMILES string of the molecule is C[C@@H](N)C(=O)N1CCCC2C(=O)NCC21. The van der Waals surface area contributed by atoms with Crippen molar-refractivity contribution >= 4 is 11.8 Å². The number of carbonyl (C=O) groups is 2. The summed E-state index contributed by atoms with van der Waals surface area (Å²) in [5.74, 6) is 0.0322. The van der Waals surface area contributed by atoms with Crippen LogP contribution in [0.15, 0.2) is 0 Å². The first-order valence-corrected chi connectivity index (χ1v) is 5.45. The monoisotopic (exact) mass is 211 g/mol. The Morgan fingerprint density at radius 2 is 2.40 bits per heavy atom. The van der Waals surface area contributed by atoms with E-state index in [1.165, 1.54) is 0 Å². The third kappa shape index (κ3) is 1.71. The fourth-order valence-corrected chi connectivity index (χ4v) is 2.49. The molecule has 0 aromatic rings. The second-order valence-electron chi connectivity index (χ2n) is 4.38. The van der Waals surface area contributed by atoms with Crippen LogP contribution >= 0.6 is 0 Å². The number of amides is 2. The largest absolute Gasteiger partial charge is 0.354 e. The zero-order chi connectivity index (χ0) is 11.0. The van der Waals surface area contributed by atoms with Crippen LogP contribution in [0.1, 0.15) is 19.8 Å². The van der Waals surface area contributed by atoms with Crippen LogP contribution in [-0.4, -0.2) is 41.9 Å². The maximum absolute atomic E-state index is 11.8. The third-order valence-electron chi connectivity index (χ3n) is 3.27. The molecule has 5 heteroatoms. The quantitative estimate of drug-likeness (QED) is 0.588. The first-order chi connectivity index (χ1) is 7.11. The van der Waals surface area contributed by atoms with E-state index in [2.05, 4.69) is 5.32 Å². The predicted molar refractivity (Wildman–Crippen MR) is 54.9 cm³/mol. The number of nitrogens with zero attached hydrogens (tertiary/aromatic N) is 1. The van der Waals surface area contributed by atoms with Crippen molar-refractivity contribution in [2.24, 2.45) is 11.7 Å². The van der Waals surface area contributed by atoms with Gasteiger partial charge in [0, 0.05) is 13.1 Å². The van der Waals surface area contributed by atoms with Crippen LogP contribution in [0.25, 0.3) is 0 Å². The highest BCUT2D eigenvalue weighted by molar-refractivity contribution is 5.86. The van der Waals surface area contributed by atoms with Crippen LogP contribution in [0, 0.1) is 5.92 Å². The van der Waals surface area contributed by atoms with Gasteiger partial charge < -0.3 is 16.0 Å². The van der Waals surface area contributed by atoms with Crippen molar-refractivity contribution in [1.82, 2.24) is 10.2 Å². The molecule has 2 rings (SSSR count). The Kier molecular flexibility index (Phi) is 2.65. The molecule has 0 saturated carbocycles. The maximum Gasteiger partial charge on any atom is 0.239 e. The summed E-state index contributed by atoms with van der Waals surface area (Å²) in [4.78, 5) is 25.0. The topological polar surface area (TPSA) is 75.4 Å². The van der Waals surface area contributed by atoms with E-state index in [1.54, 1.807) is 11.8 Å². The van der Waals surface area contributed by atoms with Crippen LogP contribution in [0.5, 0.6) is 0 Å². The summed E-state index contributed by atoms with van der Waals surface area (Å²) in [6.07, 6.45) is 1.78. The first-order valence-electron chi connectivity index (χ1n) is 5.45. The highest BCUT2D eigenvalue weighted by Gasteiger charge is 2.42. The minimum absolute atomic E-state index is 0.0125. The van der Waals surface area contributed by atoms with E-state index in [0.29, 0.717) is 6.54 Å². The summed E-state index contributed by atoms with van der Waals surface area (Å²) >= 11 is 0. The number of fused-ring (bicyclic) bond motifs is 1. The van der Waals surface area contributed by atoms with Crippen molar-refractivity contribution in [1.29, 1.82) is 0 Å². The van der Waals surface area contributed by atoms with E-state index in [4.69, 9.17) is 5.73 Å². The van der Waals surface area contributed by atoms with E-state index < -0.39 is 6.04 Å². The average Bonchev–Trinajstić information content (AvgIpc) is 2.59. The summed E-state index contributed by atoms with van der Waals surface area (Å²) in [6.45, 7) is 3.01. The summed E-state index contributed by atoms with van der Waals surface area (Å²) < 4.78 is 0. The Labute approximate surface area is 89.0 Å². The molecule has 3 N–H and O–H groups in total. The minimum atomic E-state index is -0.473. The van der Waals surface area contributed by atoms with Crippen molar-refractivity contribution in [3.8, 4) is 0 Å². The highest BCUT2D eigenvalue weighted by Crippen LogP contribution is 2.27. The number of nitrogens with two attached hydrogens (primary N) is 1. The van der Waals surface area contributed by atoms with Crippen molar-refractivity contribution < 1.29 is 9.59 Å². The Balaban J connectivity index is 2.13. The molecule has 0 aliphatic carbocycles. The number of hydrogen-bond donors (Lipinski definition) is 2. The number of hydrogen-bond acceptors (Lipinski definition) is 3. The van der Waals surface area contributed by atoms with Gasteiger partial charge in [-0.15, -0.1) is 0 Å². The Hall–Kier alpha value is -1.10. The Morgan fingerprint density at radius 1 is 1.67 bits per heavy atom. The van der Waals surface area contributed by atoms with Gasteiger partial charge >= 0.3 is 0 Å². The van der Waals surface area contributed by atoms with Crippen LogP contribution in [0.3, 0.4) is 0 Å². The van der Waals surface area contributed by atoms with Crippen molar-refractivity contribution in [3.63, 3.8) is 0 Å². The molecule has 15 heavy (non-hydrogen) atoms. The molecule has 2 aliphatic rings. The van der Waals surface area contributed by atoms with Gasteiger partial charge in [0.1, 0.15) is 0 Å². The maximum atomic E-state index is 11.8. The van der Waals surface area contributed by atoms with E-state index >= 15 is 0 Å². The summed E-state index contributed by atoms with van der Waals surface area (Å²) in [6, 6.07) is -0.441. The van der Waals surface area contributed by atoms with Gasteiger partial charge in [-0.2, -0.15) is 0 Å². The van der Waals surface area contributed by atoms with Crippen molar-refractivity contribution in [2.75, 3.05) is 13.1 Å². The average molecular weight is 211 g/mol. The lowest BCUT2D eigenvalue weighted by Crippen LogP contribution is -2.53. The molecular formula is C10H17N3O2. The third-order valence-corrected chi connectivity index (χ3v) is 3.27. The van der Waals surface area contributed by atoms with Crippen LogP contribution in [-0.2, 0) is 9.59 Å². The summed E-state index contributed by atoms with van der Waals surface area (Å²) in [5, 5.41) is 2.81. The molecule has 5 nitrogen and oxygen atoms in total. The standard InChI is InChI=1S/C10H17N3O2/c1-6(11)10(15)13-4-2-3-7-8(13)5-12-9(7)14/h6-8H,2-5,11H2,1H3,(H,12,14)/t6-,7?,8?/m1/s1. The predicted octanol–water partition coefficient (Wildman–Crippen LogP) is -0.929. The molecule has 84 valence electrons. The minimum Gasteiger partial charge on any atom is -0.354 e. The summed E-state index contributed by atoms with van der Waals surface area (Å²) in [7, 11) is 0. The van der Waals surface area contributed by atoms with Crippen LogP contribution < -0.4 is 11.1 Å². The molecule has 0 spiro atoms. The van der Waals surface area contributed by atoms with Gasteiger partial charge in [-0.1, -0.05) is 0 Å². The lowest BCUT2D eigenvalue weighted by atomic mass is 9.91. The Bertz CT molecular complexity index is 290. The molecule has 2 fully saturated rings. The molecule has 0 radical (unpaired) electrons. The van der Waals surface area contributed by atoms with E-state index in [1.807, 2.05) is 0 Å². The van der Waals surface area contributed by atoms with E-state index in [9.17, 15) is 9.59 Å². The van der Waals surface area contributed by atoms with Crippen LogP contribution in [0.4, 0.5) is 0 Å². The lowest BCUT2D eigenvalue weighted by molar-refractivity contribution is -0.137. The number of rotatable bonds is 1. The Morgan fingerprint density at radius 3 is 3.07 bits per heavy atom. The number of carbonyl (C=O) groups excluding carboxylic acids is 2. The van der Waals surface area contributed by atoms with Crippen molar-refractivity contribution in [2.45, 2.75) is 31.8 Å². The molecule has 0 aromatic carbocycles. The first kappa shape index (κ1) is 10.4. The van der Waals surface area contributed by atoms with Gasteiger partial charge in [-0.05, 0) is 19.8 Å². The summed E-state index contributed by atoms with van der Waals surface area (Å²) in [5.41, 5.74) is 5.59. The van der Waals surface area contributed by atoms with Gasteiger partial charge in [-0.25, -0.2) is 0 Å². The second kappa shape index (κ2) is 3.81. The molecule has 2 amide bonds. The molecule has 2 aliphatic heterocycles. The van der Waals surface area contributed by atoms with E-state index in [-0.39, 0.29) is 23.8 Å². The normalized spacial score (nSPS) is 32.1. The molecule has 2 saturated heterocycles. The van der Waals surface area contributed by atoms with Crippen LogP contribution in [0.2, 0.25) is 0 Å². The smallest absolute Gasteiger partial charge is 0.239 e. The molecule has 0 bridgehead atoms. The van der Waals surface area contributed by atoms with Gasteiger partial charge in [-0.3, -0.25) is 9.59 Å².